The van der Waals surface area contributed by atoms with E-state index in [0.717, 1.165) is 28.4 Å². The van der Waals surface area contributed by atoms with Crippen LogP contribution in [0.15, 0.2) is 46.9 Å². The van der Waals surface area contributed by atoms with E-state index in [1.54, 1.807) is 12.1 Å². The minimum absolute atomic E-state index is 0.412. The van der Waals surface area contributed by atoms with Crippen LogP contribution in [0.2, 0.25) is 0 Å². The van der Waals surface area contributed by atoms with Gasteiger partial charge in [-0.2, -0.15) is 0 Å². The zero-order valence-corrected chi connectivity index (χ0v) is 12.4. The number of benzene rings is 2. The normalized spacial score (nSPS) is 10.4. The van der Waals surface area contributed by atoms with Crippen LogP contribution < -0.4 is 5.73 Å². The molecule has 2 rings (SSSR count). The molecule has 3 heteroatoms. The molecule has 0 saturated carbocycles. The average molecular weight is 318 g/mol. The lowest BCUT2D eigenvalue weighted by atomic mass is 10.0. The first-order valence-corrected chi connectivity index (χ1v) is 7.09. The molecule has 2 nitrogen and oxygen atoms in total. The van der Waals surface area contributed by atoms with Gasteiger partial charge in [-0.25, -0.2) is 0 Å². The van der Waals surface area contributed by atoms with Crippen molar-refractivity contribution in [1.29, 1.82) is 0 Å². The van der Waals surface area contributed by atoms with Gasteiger partial charge in [0, 0.05) is 10.0 Å². The first-order chi connectivity index (χ1) is 9.11. The van der Waals surface area contributed by atoms with Gasteiger partial charge in [0.2, 0.25) is 5.91 Å². The Balaban J connectivity index is 2.33. The summed E-state index contributed by atoms with van der Waals surface area (Å²) < 4.78 is 0.882. The number of nitrogens with two attached hydrogens (primary N) is 1. The third-order valence-electron chi connectivity index (χ3n) is 3.06. The van der Waals surface area contributed by atoms with Crippen molar-refractivity contribution in [2.75, 3.05) is 0 Å². The topological polar surface area (TPSA) is 43.1 Å². The molecule has 0 atom stereocenters. The number of primary amides is 1. The Morgan fingerprint density at radius 1 is 1.16 bits per heavy atom. The van der Waals surface area contributed by atoms with E-state index in [1.807, 2.05) is 6.07 Å². The summed E-state index contributed by atoms with van der Waals surface area (Å²) in [6.45, 7) is 2.17. The van der Waals surface area contributed by atoms with Gasteiger partial charge in [-0.05, 0) is 35.2 Å². The Morgan fingerprint density at radius 3 is 2.37 bits per heavy atom. The lowest BCUT2D eigenvalue weighted by molar-refractivity contribution is 0.100. The van der Waals surface area contributed by atoms with Crippen LogP contribution in [0.3, 0.4) is 0 Å². The average Bonchev–Trinajstić information content (AvgIpc) is 2.40. The van der Waals surface area contributed by atoms with Gasteiger partial charge in [0.05, 0.1) is 0 Å². The van der Waals surface area contributed by atoms with Crippen molar-refractivity contribution in [1.82, 2.24) is 0 Å². The van der Waals surface area contributed by atoms with Crippen LogP contribution in [0, 0.1) is 0 Å². The molecule has 0 aliphatic carbocycles. The number of aryl methyl sites for hydroxylation is 1. The van der Waals surface area contributed by atoms with Crippen LogP contribution in [0.25, 0.3) is 11.1 Å². The Bertz CT molecular complexity index is 590. The van der Waals surface area contributed by atoms with Gasteiger partial charge >= 0.3 is 0 Å². The Hall–Kier alpha value is -1.61. The molecular weight excluding hydrogens is 302 g/mol. The molecule has 98 valence electrons. The van der Waals surface area contributed by atoms with Crippen LogP contribution in [-0.4, -0.2) is 5.91 Å². The highest BCUT2D eigenvalue weighted by atomic mass is 79.9. The molecule has 0 aliphatic heterocycles. The number of rotatable bonds is 4. The largest absolute Gasteiger partial charge is 0.366 e. The second-order valence-electron chi connectivity index (χ2n) is 4.51. The van der Waals surface area contributed by atoms with Crippen LogP contribution in [0.4, 0.5) is 0 Å². The molecule has 2 N–H and O–H groups in total. The monoisotopic (exact) mass is 317 g/mol. The number of halogens is 1. The quantitative estimate of drug-likeness (QED) is 0.903. The Morgan fingerprint density at radius 2 is 1.84 bits per heavy atom. The maximum absolute atomic E-state index is 11.1. The predicted octanol–water partition coefficient (Wildman–Crippen LogP) is 4.17. The second kappa shape index (κ2) is 6.02. The predicted molar refractivity (Wildman–Crippen MR) is 82.1 cm³/mol. The minimum Gasteiger partial charge on any atom is -0.366 e. The van der Waals surface area contributed by atoms with Crippen molar-refractivity contribution in [3.63, 3.8) is 0 Å². The highest BCUT2D eigenvalue weighted by molar-refractivity contribution is 9.10. The number of carbonyl (C=O) groups excluding carboxylic acids is 1. The van der Waals surface area contributed by atoms with E-state index in [9.17, 15) is 4.79 Å². The van der Waals surface area contributed by atoms with Crippen molar-refractivity contribution in [2.45, 2.75) is 19.8 Å². The summed E-state index contributed by atoms with van der Waals surface area (Å²) in [6, 6.07) is 13.9. The molecule has 19 heavy (non-hydrogen) atoms. The standard InChI is InChI=1S/C16H16BrNO/c1-2-3-11-4-6-12(7-5-11)14-9-8-13(16(18)19)10-15(14)17/h4-10H,2-3H2,1H3,(H2,18,19). The maximum atomic E-state index is 11.1. The summed E-state index contributed by atoms with van der Waals surface area (Å²) in [4.78, 5) is 11.1. The molecule has 0 radical (unpaired) electrons. The summed E-state index contributed by atoms with van der Waals surface area (Å²) in [5.41, 5.74) is 9.31. The number of carbonyl (C=O) groups is 1. The van der Waals surface area contributed by atoms with Crippen LogP contribution in [0.5, 0.6) is 0 Å². The molecule has 0 bridgehead atoms. The molecule has 0 spiro atoms. The van der Waals surface area contributed by atoms with E-state index in [2.05, 4.69) is 47.1 Å². The lowest BCUT2D eigenvalue weighted by Crippen LogP contribution is -2.10. The number of hydrogen-bond donors (Lipinski definition) is 1. The Labute approximate surface area is 121 Å². The fourth-order valence-corrected chi connectivity index (χ4v) is 2.65. The maximum Gasteiger partial charge on any atom is 0.248 e. The third kappa shape index (κ3) is 3.24. The summed E-state index contributed by atoms with van der Waals surface area (Å²) in [6.07, 6.45) is 2.25. The summed E-state index contributed by atoms with van der Waals surface area (Å²) in [7, 11) is 0. The van der Waals surface area contributed by atoms with Gasteiger partial charge in [-0.15, -0.1) is 0 Å². The molecule has 0 aromatic heterocycles. The molecule has 0 fully saturated rings. The van der Waals surface area contributed by atoms with Gasteiger partial charge in [-0.1, -0.05) is 59.6 Å². The molecule has 2 aromatic carbocycles. The highest BCUT2D eigenvalue weighted by Crippen LogP contribution is 2.29. The summed E-state index contributed by atoms with van der Waals surface area (Å²) in [5, 5.41) is 0. The molecule has 0 heterocycles. The molecule has 0 saturated heterocycles. The highest BCUT2D eigenvalue weighted by Gasteiger charge is 2.07. The number of amides is 1. The van der Waals surface area contributed by atoms with E-state index >= 15 is 0 Å². The minimum atomic E-state index is -0.412. The zero-order chi connectivity index (χ0) is 13.8. The SMILES string of the molecule is CCCc1ccc(-c2ccc(C(N)=O)cc2Br)cc1. The van der Waals surface area contributed by atoms with E-state index in [1.165, 1.54) is 5.56 Å². The van der Waals surface area contributed by atoms with Gasteiger partial charge in [0.1, 0.15) is 0 Å². The zero-order valence-electron chi connectivity index (χ0n) is 10.8. The third-order valence-corrected chi connectivity index (χ3v) is 3.71. The van der Waals surface area contributed by atoms with Crippen LogP contribution in [0.1, 0.15) is 29.3 Å². The van der Waals surface area contributed by atoms with Crippen molar-refractivity contribution < 1.29 is 4.79 Å². The van der Waals surface area contributed by atoms with Crippen molar-refractivity contribution in [3.8, 4) is 11.1 Å². The van der Waals surface area contributed by atoms with E-state index in [-0.39, 0.29) is 0 Å². The first-order valence-electron chi connectivity index (χ1n) is 6.30. The first kappa shape index (κ1) is 13.8. The van der Waals surface area contributed by atoms with E-state index in [4.69, 9.17) is 5.73 Å². The lowest BCUT2D eigenvalue weighted by Gasteiger charge is -2.07. The summed E-state index contributed by atoms with van der Waals surface area (Å²) >= 11 is 3.49. The smallest absolute Gasteiger partial charge is 0.248 e. The van der Waals surface area contributed by atoms with Gasteiger partial charge in [0.25, 0.3) is 0 Å². The Kier molecular flexibility index (Phi) is 4.38. The molecule has 0 aliphatic rings. The fourth-order valence-electron chi connectivity index (χ4n) is 2.04. The number of hydrogen-bond acceptors (Lipinski definition) is 1. The summed E-state index contributed by atoms with van der Waals surface area (Å²) in [5.74, 6) is -0.412. The van der Waals surface area contributed by atoms with Gasteiger partial charge in [0.15, 0.2) is 0 Å². The van der Waals surface area contributed by atoms with Crippen LogP contribution >= 0.6 is 15.9 Å². The van der Waals surface area contributed by atoms with Gasteiger partial charge in [-0.3, -0.25) is 4.79 Å². The second-order valence-corrected chi connectivity index (χ2v) is 5.36. The van der Waals surface area contributed by atoms with E-state index < -0.39 is 5.91 Å². The molecule has 2 aromatic rings. The van der Waals surface area contributed by atoms with Crippen molar-refractivity contribution >= 4 is 21.8 Å². The van der Waals surface area contributed by atoms with Crippen LogP contribution in [-0.2, 0) is 6.42 Å². The van der Waals surface area contributed by atoms with Gasteiger partial charge < -0.3 is 5.73 Å². The molecule has 0 unspecified atom stereocenters. The van der Waals surface area contributed by atoms with Crippen molar-refractivity contribution in [2.24, 2.45) is 5.73 Å². The van der Waals surface area contributed by atoms with E-state index in [0.29, 0.717) is 5.56 Å². The fraction of sp³-hybridized carbons (Fsp3) is 0.188. The molecule has 1 amide bonds. The van der Waals surface area contributed by atoms with Crippen molar-refractivity contribution in [3.05, 3.63) is 58.1 Å². The molecular formula is C16H16BrNO.